The highest BCUT2D eigenvalue weighted by Crippen LogP contribution is 2.37. The minimum atomic E-state index is -1.10. The molecular weight excluding hydrogens is 938 g/mol. The molecule has 4 N–H and O–H groups in total. The smallest absolute Gasteiger partial charge is 0.262 e. The Morgan fingerprint density at radius 3 is 2.33 bits per heavy atom. The minimum Gasteiger partial charge on any atom is -0.488 e. The Morgan fingerprint density at radius 2 is 1.53 bits per heavy atom. The molecule has 370 valence electrons. The Balaban J connectivity index is 0.823. The first kappa shape index (κ1) is 50.5. The predicted octanol–water partition coefficient (Wildman–Crippen LogP) is 7.14. The highest BCUT2D eigenvalue weighted by molar-refractivity contribution is 6.32. The molecule has 3 heterocycles. The molecule has 3 aliphatic heterocycles. The molecule has 17 heteroatoms. The molecule has 0 aliphatic carbocycles. The van der Waals surface area contributed by atoms with Crippen LogP contribution in [0.25, 0.3) is 11.1 Å². The number of halogens is 1. The van der Waals surface area contributed by atoms with Crippen LogP contribution < -0.4 is 30.7 Å². The number of hydrogen-bond donors (Lipinski definition) is 4. The first-order valence-electron chi connectivity index (χ1n) is 24.0. The van der Waals surface area contributed by atoms with Crippen molar-refractivity contribution in [2.75, 3.05) is 25.0 Å². The number of piperidine rings is 2. The summed E-state index contributed by atoms with van der Waals surface area (Å²) in [5, 5.41) is 20.5. The van der Waals surface area contributed by atoms with E-state index in [1.54, 1.807) is 18.2 Å². The Kier molecular flexibility index (Phi) is 16.4. The van der Waals surface area contributed by atoms with Crippen molar-refractivity contribution in [3.63, 3.8) is 0 Å². The van der Waals surface area contributed by atoms with Crippen LogP contribution in [0.2, 0.25) is 5.02 Å². The number of nitrogens with zero attached hydrogens (tertiary/aromatic N) is 3. The molecule has 5 aromatic rings. The quantitative estimate of drug-likeness (QED) is 0.0482. The summed E-state index contributed by atoms with van der Waals surface area (Å²) in [6.45, 7) is 3.92. The number of carbonyl (C=O) groups is 7. The molecule has 8 rings (SSSR count). The van der Waals surface area contributed by atoms with Crippen LogP contribution in [0.15, 0.2) is 103 Å². The SMILES string of the molecule is Cc1c(COc2cc(OCc3cccc(C#N)c3)c(CN3CCCCC3C(=O)NCCNC(=O)CCCC(=O)Nc3ccc4c(c3)C(=O)N(C3CCC(=O)NC3=O)C4=O)cc2Cl)cccc1-c1ccccc1. The summed E-state index contributed by atoms with van der Waals surface area (Å²) < 4.78 is 12.8. The Morgan fingerprint density at radius 1 is 0.764 bits per heavy atom. The summed E-state index contributed by atoms with van der Waals surface area (Å²) in [5.74, 6) is -2.41. The second-order valence-electron chi connectivity index (χ2n) is 18.0. The van der Waals surface area contributed by atoms with E-state index in [-0.39, 0.29) is 87.0 Å². The molecule has 3 aliphatic rings. The molecule has 0 bridgehead atoms. The van der Waals surface area contributed by atoms with Crippen LogP contribution in [-0.2, 0) is 43.7 Å². The number of imide groups is 2. The molecule has 0 radical (unpaired) electrons. The lowest BCUT2D eigenvalue weighted by Crippen LogP contribution is -2.54. The van der Waals surface area contributed by atoms with E-state index in [0.29, 0.717) is 41.6 Å². The van der Waals surface area contributed by atoms with Gasteiger partial charge in [0.05, 0.1) is 33.8 Å². The van der Waals surface area contributed by atoms with Crippen molar-refractivity contribution < 1.29 is 43.0 Å². The van der Waals surface area contributed by atoms with Gasteiger partial charge in [0, 0.05) is 56.2 Å². The van der Waals surface area contributed by atoms with Gasteiger partial charge >= 0.3 is 0 Å². The second-order valence-corrected chi connectivity index (χ2v) is 18.4. The number of hydrogen-bond acceptors (Lipinski definition) is 11. The average molecular weight is 993 g/mol. The number of fused-ring (bicyclic) bond motifs is 1. The number of carbonyl (C=O) groups excluding carboxylic acids is 7. The molecule has 72 heavy (non-hydrogen) atoms. The lowest BCUT2D eigenvalue weighted by Gasteiger charge is -2.35. The van der Waals surface area contributed by atoms with Crippen molar-refractivity contribution in [3.05, 3.63) is 147 Å². The summed E-state index contributed by atoms with van der Waals surface area (Å²) in [5.41, 5.74) is 6.84. The van der Waals surface area contributed by atoms with Gasteiger partial charge in [-0.2, -0.15) is 5.26 Å². The monoisotopic (exact) mass is 991 g/mol. The van der Waals surface area contributed by atoms with Crippen molar-refractivity contribution in [1.29, 1.82) is 5.26 Å². The summed E-state index contributed by atoms with van der Waals surface area (Å²) in [6.07, 6.45) is 2.70. The summed E-state index contributed by atoms with van der Waals surface area (Å²) in [4.78, 5) is 92.3. The molecule has 0 aromatic heterocycles. The normalized spacial score (nSPS) is 16.6. The molecule has 2 fully saturated rings. The van der Waals surface area contributed by atoms with Gasteiger partial charge in [0.2, 0.25) is 29.5 Å². The van der Waals surface area contributed by atoms with Crippen molar-refractivity contribution in [2.45, 2.75) is 90.1 Å². The van der Waals surface area contributed by atoms with E-state index in [1.807, 2.05) is 48.5 Å². The zero-order valence-corrected chi connectivity index (χ0v) is 40.5. The number of nitriles is 1. The summed E-state index contributed by atoms with van der Waals surface area (Å²) >= 11 is 6.95. The zero-order chi connectivity index (χ0) is 50.7. The largest absolute Gasteiger partial charge is 0.488 e. The van der Waals surface area contributed by atoms with Gasteiger partial charge in [-0.3, -0.25) is 48.7 Å². The van der Waals surface area contributed by atoms with Crippen LogP contribution >= 0.6 is 11.6 Å². The molecule has 16 nitrogen and oxygen atoms in total. The molecule has 2 atom stereocenters. The van der Waals surface area contributed by atoms with E-state index in [0.717, 1.165) is 51.1 Å². The number of likely N-dealkylation sites (tertiary alicyclic amines) is 1. The topological polar surface area (TPSA) is 216 Å². The third-order valence-corrected chi connectivity index (χ3v) is 13.3. The zero-order valence-electron chi connectivity index (χ0n) is 39.8. The summed E-state index contributed by atoms with van der Waals surface area (Å²) in [7, 11) is 0. The molecule has 0 saturated carbocycles. The average Bonchev–Trinajstić information content (AvgIpc) is 3.62. The fourth-order valence-electron chi connectivity index (χ4n) is 9.23. The van der Waals surface area contributed by atoms with E-state index in [4.69, 9.17) is 21.1 Å². The minimum absolute atomic E-state index is 0.000529. The molecular formula is C55H54ClN7O9. The predicted molar refractivity (Wildman–Crippen MR) is 268 cm³/mol. The Labute approximate surface area is 422 Å². The fourth-order valence-corrected chi connectivity index (χ4v) is 9.47. The number of nitrogens with one attached hydrogen (secondary N) is 4. The summed E-state index contributed by atoms with van der Waals surface area (Å²) in [6, 6.07) is 32.0. The van der Waals surface area contributed by atoms with Crippen molar-refractivity contribution in [3.8, 4) is 28.7 Å². The molecule has 2 saturated heterocycles. The third kappa shape index (κ3) is 12.2. The van der Waals surface area contributed by atoms with Gasteiger partial charge in [-0.25, -0.2) is 0 Å². The van der Waals surface area contributed by atoms with Crippen molar-refractivity contribution in [2.24, 2.45) is 0 Å². The lowest BCUT2D eigenvalue weighted by atomic mass is 9.97. The Hall–Kier alpha value is -7.87. The lowest BCUT2D eigenvalue weighted by molar-refractivity contribution is -0.136. The van der Waals surface area contributed by atoms with Crippen LogP contribution in [0.4, 0.5) is 5.69 Å². The molecule has 7 amide bonds. The maximum atomic E-state index is 13.7. The third-order valence-electron chi connectivity index (χ3n) is 13.0. The second kappa shape index (κ2) is 23.4. The number of anilines is 1. The number of ether oxygens (including phenoxy) is 2. The van der Waals surface area contributed by atoms with Crippen molar-refractivity contribution >= 4 is 58.6 Å². The van der Waals surface area contributed by atoms with Gasteiger partial charge in [0.25, 0.3) is 11.8 Å². The van der Waals surface area contributed by atoms with Gasteiger partial charge in [0.1, 0.15) is 30.8 Å². The van der Waals surface area contributed by atoms with E-state index in [9.17, 15) is 38.8 Å². The van der Waals surface area contributed by atoms with Gasteiger partial charge in [-0.05, 0) is 103 Å². The Bertz CT molecular complexity index is 2960. The van der Waals surface area contributed by atoms with E-state index >= 15 is 0 Å². The van der Waals surface area contributed by atoms with Gasteiger partial charge < -0.3 is 25.4 Å². The molecule has 5 aromatic carbocycles. The highest BCUT2D eigenvalue weighted by atomic mass is 35.5. The van der Waals surface area contributed by atoms with E-state index in [2.05, 4.69) is 57.4 Å². The number of rotatable bonds is 19. The van der Waals surface area contributed by atoms with Crippen LogP contribution in [0.5, 0.6) is 11.5 Å². The number of benzene rings is 5. The van der Waals surface area contributed by atoms with Crippen LogP contribution in [-0.4, -0.2) is 82.9 Å². The first-order valence-corrected chi connectivity index (χ1v) is 24.4. The van der Waals surface area contributed by atoms with E-state index in [1.165, 1.54) is 18.2 Å². The highest BCUT2D eigenvalue weighted by Gasteiger charge is 2.44. The van der Waals surface area contributed by atoms with Gasteiger partial charge in [0.15, 0.2) is 0 Å². The van der Waals surface area contributed by atoms with E-state index < -0.39 is 41.6 Å². The van der Waals surface area contributed by atoms with Gasteiger partial charge in [-0.1, -0.05) is 78.7 Å². The molecule has 0 spiro atoms. The maximum Gasteiger partial charge on any atom is 0.262 e. The molecule has 2 unspecified atom stereocenters. The van der Waals surface area contributed by atoms with Crippen LogP contribution in [0.1, 0.15) is 99.9 Å². The fraction of sp³-hybridized carbons (Fsp3) is 0.309. The first-order chi connectivity index (χ1) is 34.9. The van der Waals surface area contributed by atoms with Gasteiger partial charge in [-0.15, -0.1) is 0 Å². The number of amides is 7. The van der Waals surface area contributed by atoms with Crippen LogP contribution in [0, 0.1) is 18.3 Å². The van der Waals surface area contributed by atoms with Crippen molar-refractivity contribution in [1.82, 2.24) is 25.8 Å². The standard InChI is InChI=1S/C55H54ClN7O9/c1-34-38(14-8-15-41(34)37-12-3-2-4-13-37)33-72-48-29-47(71-32-36-11-7-10-35(26-36)30-57)39(27-44(48)56)31-62-25-6-5-16-45(62)52(67)59-24-23-58-49(64)17-9-18-50(65)60-40-19-20-42-43(28-40)55(70)63(54(42)69)46-21-22-51(66)61-53(46)68/h2-4,7-8,10-15,19-20,26-29,45-46H,5-6,9,16-18,21-25,31-33H2,1H3,(H,58,64)(H,59,67)(H,60,65)(H,61,66,68). The maximum absolute atomic E-state index is 13.7. The van der Waals surface area contributed by atoms with Crippen LogP contribution in [0.3, 0.4) is 0 Å².